The van der Waals surface area contributed by atoms with E-state index in [1.807, 2.05) is 24.3 Å². The zero-order valence-electron chi connectivity index (χ0n) is 15.2. The Morgan fingerprint density at radius 2 is 1.86 bits per heavy atom. The molecule has 9 heteroatoms. The molecule has 0 atom stereocenters. The minimum Gasteiger partial charge on any atom is -0.463 e. The zero-order valence-corrected chi connectivity index (χ0v) is 16.8. The van der Waals surface area contributed by atoms with Crippen LogP contribution in [-0.4, -0.2) is 27.8 Å². The minimum absolute atomic E-state index is 0.0720. The van der Waals surface area contributed by atoms with Gasteiger partial charge in [-0.1, -0.05) is 21.1 Å². The molecule has 8 nitrogen and oxygen atoms in total. The maximum absolute atomic E-state index is 12.2. The molecule has 0 N–H and O–H groups in total. The predicted octanol–water partition coefficient (Wildman–Crippen LogP) is 3.76. The second-order valence-electron chi connectivity index (χ2n) is 6.07. The number of carbonyl (C=O) groups excluding carboxylic acids is 1. The molecule has 0 spiro atoms. The van der Waals surface area contributed by atoms with Crippen molar-refractivity contribution < 1.29 is 18.5 Å². The summed E-state index contributed by atoms with van der Waals surface area (Å²) >= 11 is 3.39. The largest absolute Gasteiger partial charge is 0.463 e. The maximum Gasteiger partial charge on any atom is 0.373 e. The van der Waals surface area contributed by atoms with Gasteiger partial charge in [-0.15, -0.1) is 0 Å². The number of hydrogen-bond donors (Lipinski definition) is 0. The van der Waals surface area contributed by atoms with E-state index in [0.29, 0.717) is 17.1 Å². The quantitative estimate of drug-likeness (QED) is 0.422. The predicted molar refractivity (Wildman–Crippen MR) is 106 cm³/mol. The van der Waals surface area contributed by atoms with Gasteiger partial charge in [0.1, 0.15) is 5.76 Å². The van der Waals surface area contributed by atoms with Gasteiger partial charge in [0.25, 0.3) is 11.4 Å². The third-order valence-electron chi connectivity index (χ3n) is 4.13. The van der Waals surface area contributed by atoms with Crippen molar-refractivity contribution in [2.45, 2.75) is 6.54 Å². The van der Waals surface area contributed by atoms with E-state index in [0.717, 1.165) is 10.0 Å². The van der Waals surface area contributed by atoms with E-state index in [1.54, 1.807) is 18.3 Å². The van der Waals surface area contributed by atoms with Gasteiger partial charge < -0.3 is 18.2 Å². The number of furan rings is 1. The van der Waals surface area contributed by atoms with E-state index in [-0.39, 0.29) is 23.8 Å². The van der Waals surface area contributed by atoms with Gasteiger partial charge in [-0.25, -0.2) is 4.79 Å². The molecule has 1 aromatic carbocycles. The summed E-state index contributed by atoms with van der Waals surface area (Å²) in [6.07, 6.45) is 1.60. The minimum atomic E-state index is -0.580. The molecule has 0 fully saturated rings. The fourth-order valence-electron chi connectivity index (χ4n) is 2.68. The summed E-state index contributed by atoms with van der Waals surface area (Å²) in [5, 5.41) is 4.00. The number of hydrogen-bond acceptors (Lipinski definition) is 7. The lowest BCUT2D eigenvalue weighted by Crippen LogP contribution is -2.18. The van der Waals surface area contributed by atoms with Gasteiger partial charge in [0.15, 0.2) is 0 Å². The summed E-state index contributed by atoms with van der Waals surface area (Å²) in [6, 6.07) is 13.6. The molecule has 0 aliphatic rings. The molecule has 4 aromatic rings. The van der Waals surface area contributed by atoms with Crippen molar-refractivity contribution in [1.29, 1.82) is 0 Å². The number of ether oxygens (including phenoxy) is 1. The summed E-state index contributed by atoms with van der Waals surface area (Å²) in [7, 11) is 1.27. The molecule has 0 bridgehead atoms. The van der Waals surface area contributed by atoms with Gasteiger partial charge in [-0.3, -0.25) is 4.79 Å². The molecule has 3 aromatic heterocycles. The average Bonchev–Trinajstić information content (AvgIpc) is 3.40. The Labute approximate surface area is 172 Å². The molecular formula is C20H14BrN3O5. The van der Waals surface area contributed by atoms with Gasteiger partial charge in [-0.05, 0) is 42.5 Å². The van der Waals surface area contributed by atoms with Crippen LogP contribution in [0.4, 0.5) is 0 Å². The highest BCUT2D eigenvalue weighted by molar-refractivity contribution is 9.10. The summed E-state index contributed by atoms with van der Waals surface area (Å²) in [5.41, 5.74) is 1.15. The highest BCUT2D eigenvalue weighted by atomic mass is 79.9. The van der Waals surface area contributed by atoms with Crippen molar-refractivity contribution in [3.05, 3.63) is 81.1 Å². The maximum atomic E-state index is 12.2. The van der Waals surface area contributed by atoms with Gasteiger partial charge in [0.2, 0.25) is 11.6 Å². The van der Waals surface area contributed by atoms with Gasteiger partial charge >= 0.3 is 5.97 Å². The lowest BCUT2D eigenvalue weighted by Gasteiger charge is -2.04. The molecule has 0 unspecified atom stereocenters. The monoisotopic (exact) mass is 455 g/mol. The fraction of sp³-hybridized carbons (Fsp3) is 0.100. The lowest BCUT2D eigenvalue weighted by molar-refractivity contribution is 0.0563. The number of methoxy groups -OCH3 is 1. The molecule has 29 heavy (non-hydrogen) atoms. The van der Waals surface area contributed by atoms with E-state index < -0.39 is 5.97 Å². The van der Waals surface area contributed by atoms with E-state index in [1.165, 1.54) is 23.8 Å². The number of aromatic nitrogens is 3. The van der Waals surface area contributed by atoms with Crippen LogP contribution in [0.25, 0.3) is 22.8 Å². The van der Waals surface area contributed by atoms with Crippen LogP contribution >= 0.6 is 15.9 Å². The Bertz CT molecular complexity index is 1220. The van der Waals surface area contributed by atoms with Crippen molar-refractivity contribution in [3.8, 4) is 22.8 Å². The molecule has 0 amide bonds. The summed E-state index contributed by atoms with van der Waals surface area (Å²) in [4.78, 5) is 28.1. The van der Waals surface area contributed by atoms with Crippen molar-refractivity contribution in [2.24, 2.45) is 0 Å². The first-order valence-electron chi connectivity index (χ1n) is 8.51. The molecule has 0 aliphatic heterocycles. The average molecular weight is 456 g/mol. The Kier molecular flexibility index (Phi) is 5.13. The molecule has 0 aliphatic carbocycles. The fourth-order valence-corrected chi connectivity index (χ4v) is 2.94. The number of benzene rings is 1. The molecular weight excluding hydrogens is 442 g/mol. The summed E-state index contributed by atoms with van der Waals surface area (Å²) in [5.74, 6) is 0.655. The van der Waals surface area contributed by atoms with Crippen LogP contribution in [0.5, 0.6) is 0 Å². The van der Waals surface area contributed by atoms with Crippen LogP contribution in [-0.2, 0) is 11.3 Å². The third-order valence-corrected chi connectivity index (χ3v) is 4.66. The summed E-state index contributed by atoms with van der Waals surface area (Å²) < 4.78 is 17.8. The smallest absolute Gasteiger partial charge is 0.373 e. The van der Waals surface area contributed by atoms with Crippen LogP contribution < -0.4 is 5.56 Å². The number of nitrogens with zero attached hydrogens (tertiary/aromatic N) is 3. The van der Waals surface area contributed by atoms with Crippen molar-refractivity contribution in [1.82, 2.24) is 14.7 Å². The van der Waals surface area contributed by atoms with Crippen LogP contribution in [0, 0.1) is 0 Å². The highest BCUT2D eigenvalue weighted by Gasteiger charge is 2.14. The van der Waals surface area contributed by atoms with Crippen LogP contribution in [0.2, 0.25) is 0 Å². The lowest BCUT2D eigenvalue weighted by atomic mass is 10.2. The Balaban J connectivity index is 1.60. The third kappa shape index (κ3) is 4.04. The first-order chi connectivity index (χ1) is 14.0. The zero-order chi connectivity index (χ0) is 20.4. The number of carbonyl (C=O) groups is 1. The van der Waals surface area contributed by atoms with Crippen molar-refractivity contribution >= 4 is 21.9 Å². The van der Waals surface area contributed by atoms with Gasteiger partial charge in [0, 0.05) is 22.3 Å². The first-order valence-corrected chi connectivity index (χ1v) is 9.30. The molecule has 0 saturated carbocycles. The van der Waals surface area contributed by atoms with E-state index >= 15 is 0 Å². The molecule has 3 heterocycles. The van der Waals surface area contributed by atoms with E-state index in [4.69, 9.17) is 8.94 Å². The van der Waals surface area contributed by atoms with Crippen LogP contribution in [0.1, 0.15) is 16.3 Å². The number of halogens is 1. The van der Waals surface area contributed by atoms with Crippen molar-refractivity contribution in [3.63, 3.8) is 0 Å². The second kappa shape index (κ2) is 7.88. The summed E-state index contributed by atoms with van der Waals surface area (Å²) in [6.45, 7) is 0.136. The van der Waals surface area contributed by atoms with Gasteiger partial charge in [0.05, 0.1) is 19.2 Å². The topological polar surface area (TPSA) is 100 Å². The Morgan fingerprint density at radius 3 is 2.62 bits per heavy atom. The molecule has 0 saturated heterocycles. The van der Waals surface area contributed by atoms with Gasteiger partial charge in [-0.2, -0.15) is 4.98 Å². The molecule has 0 radical (unpaired) electrons. The highest BCUT2D eigenvalue weighted by Crippen LogP contribution is 2.23. The second-order valence-corrected chi connectivity index (χ2v) is 6.99. The number of pyridine rings is 1. The first kappa shape index (κ1) is 18.9. The standard InChI is InChI=1S/C20H14BrN3O5/c1-27-20(26)16-8-7-15(28-16)11-24-10-13(4-9-17(24)25)19-22-18(23-29-19)12-2-5-14(21)6-3-12/h2-10H,11H2,1H3. The SMILES string of the molecule is COC(=O)c1ccc(Cn2cc(-c3nc(-c4ccc(Br)cc4)no3)ccc2=O)o1. The van der Waals surface area contributed by atoms with Crippen LogP contribution in [0.3, 0.4) is 0 Å². The van der Waals surface area contributed by atoms with Crippen LogP contribution in [0.15, 0.2) is 72.9 Å². The molecule has 146 valence electrons. The number of rotatable bonds is 5. The number of esters is 1. The Hall–Kier alpha value is -3.46. The Morgan fingerprint density at radius 1 is 1.10 bits per heavy atom. The van der Waals surface area contributed by atoms with Crippen molar-refractivity contribution in [2.75, 3.05) is 7.11 Å². The normalized spacial score (nSPS) is 10.8. The van der Waals surface area contributed by atoms with E-state index in [9.17, 15) is 9.59 Å². The molecule has 4 rings (SSSR count). The van der Waals surface area contributed by atoms with E-state index in [2.05, 4.69) is 30.8 Å².